The minimum absolute atomic E-state index is 0.643. The van der Waals surface area contributed by atoms with Gasteiger partial charge in [0, 0.05) is 24.7 Å². The zero-order valence-electron chi connectivity index (χ0n) is 9.13. The van der Waals surface area contributed by atoms with Crippen LogP contribution in [0, 0.1) is 0 Å². The van der Waals surface area contributed by atoms with E-state index in [1.807, 2.05) is 18.2 Å². The van der Waals surface area contributed by atoms with Gasteiger partial charge in [0.25, 0.3) is 0 Å². The number of nitrogens with one attached hydrogen (secondary N) is 1. The molecule has 0 amide bonds. The summed E-state index contributed by atoms with van der Waals surface area (Å²) in [6, 6.07) is 5.86. The highest BCUT2D eigenvalue weighted by atomic mass is 79.9. The molecule has 1 aromatic carbocycles. The summed E-state index contributed by atoms with van der Waals surface area (Å²) in [5, 5.41) is 3.21. The van der Waals surface area contributed by atoms with Crippen molar-refractivity contribution in [3.63, 3.8) is 0 Å². The van der Waals surface area contributed by atoms with Gasteiger partial charge in [0.05, 0.1) is 11.1 Å². The summed E-state index contributed by atoms with van der Waals surface area (Å²) in [7, 11) is 1.69. The van der Waals surface area contributed by atoms with Crippen LogP contribution >= 0.6 is 31.9 Å². The minimum atomic E-state index is 0.643. The third kappa shape index (κ3) is 5.30. The van der Waals surface area contributed by atoms with E-state index in [1.165, 1.54) is 0 Å². The number of halogens is 2. The number of methoxy groups -OCH3 is 1. The molecule has 90 valence electrons. The van der Waals surface area contributed by atoms with Gasteiger partial charge in [-0.25, -0.2) is 0 Å². The zero-order valence-corrected chi connectivity index (χ0v) is 12.3. The van der Waals surface area contributed by atoms with E-state index in [0.717, 1.165) is 34.4 Å². The van der Waals surface area contributed by atoms with Gasteiger partial charge in [0.15, 0.2) is 0 Å². The molecule has 0 aliphatic heterocycles. The molecular formula is C11H15Br2NO2. The van der Waals surface area contributed by atoms with Gasteiger partial charge in [-0.15, -0.1) is 0 Å². The van der Waals surface area contributed by atoms with Crippen molar-refractivity contribution in [3.8, 4) is 5.75 Å². The van der Waals surface area contributed by atoms with Gasteiger partial charge < -0.3 is 14.8 Å². The van der Waals surface area contributed by atoms with Crippen molar-refractivity contribution >= 4 is 31.9 Å². The summed E-state index contributed by atoms with van der Waals surface area (Å²) in [6.07, 6.45) is 0. The van der Waals surface area contributed by atoms with Crippen LogP contribution in [0.15, 0.2) is 27.1 Å². The van der Waals surface area contributed by atoms with E-state index >= 15 is 0 Å². The largest absolute Gasteiger partial charge is 0.491 e. The first-order chi connectivity index (χ1) is 7.74. The van der Waals surface area contributed by atoms with Gasteiger partial charge in [0.2, 0.25) is 0 Å². The van der Waals surface area contributed by atoms with Crippen molar-refractivity contribution < 1.29 is 9.47 Å². The number of hydrogen-bond acceptors (Lipinski definition) is 3. The SMILES string of the molecule is COCCNCCOc1ccc(Br)cc1Br. The average molecular weight is 353 g/mol. The predicted molar refractivity (Wildman–Crippen MR) is 72.1 cm³/mol. The Morgan fingerprint density at radius 2 is 1.94 bits per heavy atom. The number of hydrogen-bond donors (Lipinski definition) is 1. The van der Waals surface area contributed by atoms with Crippen LogP contribution in [-0.4, -0.2) is 33.4 Å². The molecule has 0 saturated carbocycles. The summed E-state index contributed by atoms with van der Waals surface area (Å²) in [5.41, 5.74) is 0. The first-order valence-corrected chi connectivity index (χ1v) is 6.60. The first-order valence-electron chi connectivity index (χ1n) is 5.01. The van der Waals surface area contributed by atoms with Crippen molar-refractivity contribution in [1.29, 1.82) is 0 Å². The highest BCUT2D eigenvalue weighted by Crippen LogP contribution is 2.27. The van der Waals surface area contributed by atoms with E-state index < -0.39 is 0 Å². The molecule has 0 atom stereocenters. The lowest BCUT2D eigenvalue weighted by atomic mass is 10.3. The maximum absolute atomic E-state index is 5.60. The van der Waals surface area contributed by atoms with E-state index in [2.05, 4.69) is 37.2 Å². The Balaban J connectivity index is 2.21. The molecular weight excluding hydrogens is 338 g/mol. The Bertz CT molecular complexity index is 321. The Morgan fingerprint density at radius 1 is 1.19 bits per heavy atom. The van der Waals surface area contributed by atoms with Gasteiger partial charge >= 0.3 is 0 Å². The fraction of sp³-hybridized carbons (Fsp3) is 0.455. The second-order valence-corrected chi connectivity index (χ2v) is 4.94. The van der Waals surface area contributed by atoms with Crippen LogP contribution in [0.3, 0.4) is 0 Å². The fourth-order valence-corrected chi connectivity index (χ4v) is 2.29. The molecule has 0 spiro atoms. The van der Waals surface area contributed by atoms with Crippen LogP contribution in [0.2, 0.25) is 0 Å². The summed E-state index contributed by atoms with van der Waals surface area (Å²) in [6.45, 7) is 3.03. The summed E-state index contributed by atoms with van der Waals surface area (Å²) >= 11 is 6.84. The third-order valence-electron chi connectivity index (χ3n) is 1.91. The van der Waals surface area contributed by atoms with E-state index in [-0.39, 0.29) is 0 Å². The lowest BCUT2D eigenvalue weighted by Gasteiger charge is -2.09. The van der Waals surface area contributed by atoms with Gasteiger partial charge in [-0.05, 0) is 34.1 Å². The quantitative estimate of drug-likeness (QED) is 0.765. The van der Waals surface area contributed by atoms with Crippen molar-refractivity contribution in [2.24, 2.45) is 0 Å². The molecule has 1 aromatic rings. The molecule has 5 heteroatoms. The smallest absolute Gasteiger partial charge is 0.133 e. The maximum atomic E-state index is 5.60. The summed E-state index contributed by atoms with van der Waals surface area (Å²) in [5.74, 6) is 0.858. The molecule has 0 saturated heterocycles. The zero-order chi connectivity index (χ0) is 11.8. The lowest BCUT2D eigenvalue weighted by molar-refractivity contribution is 0.196. The number of rotatable bonds is 7. The van der Waals surface area contributed by atoms with E-state index in [9.17, 15) is 0 Å². The van der Waals surface area contributed by atoms with Gasteiger partial charge in [-0.2, -0.15) is 0 Å². The summed E-state index contributed by atoms with van der Waals surface area (Å²) in [4.78, 5) is 0. The van der Waals surface area contributed by atoms with Crippen LogP contribution in [0.4, 0.5) is 0 Å². The van der Waals surface area contributed by atoms with Crippen LogP contribution in [0.5, 0.6) is 5.75 Å². The molecule has 3 nitrogen and oxygen atoms in total. The van der Waals surface area contributed by atoms with Gasteiger partial charge in [0.1, 0.15) is 12.4 Å². The van der Waals surface area contributed by atoms with Crippen molar-refractivity contribution in [2.45, 2.75) is 0 Å². The Hall–Kier alpha value is -0.100. The average Bonchev–Trinajstić information content (AvgIpc) is 2.26. The van der Waals surface area contributed by atoms with E-state index in [0.29, 0.717) is 6.61 Å². The Kier molecular flexibility index (Phi) is 7.03. The molecule has 1 rings (SSSR count). The maximum Gasteiger partial charge on any atom is 0.133 e. The topological polar surface area (TPSA) is 30.5 Å². The molecule has 0 aliphatic rings. The van der Waals surface area contributed by atoms with Gasteiger partial charge in [-0.1, -0.05) is 15.9 Å². The molecule has 1 N–H and O–H groups in total. The van der Waals surface area contributed by atoms with Crippen molar-refractivity contribution in [2.75, 3.05) is 33.4 Å². The minimum Gasteiger partial charge on any atom is -0.491 e. The first kappa shape index (κ1) is 14.0. The molecule has 0 heterocycles. The molecule has 16 heavy (non-hydrogen) atoms. The molecule has 0 aliphatic carbocycles. The van der Waals surface area contributed by atoms with E-state index in [4.69, 9.17) is 9.47 Å². The molecule has 0 unspecified atom stereocenters. The highest BCUT2D eigenvalue weighted by molar-refractivity contribution is 9.11. The molecule has 0 radical (unpaired) electrons. The second kappa shape index (κ2) is 8.06. The third-order valence-corrected chi connectivity index (χ3v) is 3.03. The van der Waals surface area contributed by atoms with Crippen molar-refractivity contribution in [1.82, 2.24) is 5.32 Å². The molecule has 0 fully saturated rings. The number of benzene rings is 1. The van der Waals surface area contributed by atoms with Crippen LogP contribution < -0.4 is 10.1 Å². The second-order valence-electron chi connectivity index (χ2n) is 3.17. The fourth-order valence-electron chi connectivity index (χ4n) is 1.12. The normalized spacial score (nSPS) is 10.4. The van der Waals surface area contributed by atoms with Crippen molar-refractivity contribution in [3.05, 3.63) is 27.1 Å². The summed E-state index contributed by atoms with van der Waals surface area (Å²) < 4.78 is 12.5. The Morgan fingerprint density at radius 3 is 2.62 bits per heavy atom. The van der Waals surface area contributed by atoms with Crippen LogP contribution in [-0.2, 0) is 4.74 Å². The highest BCUT2D eigenvalue weighted by Gasteiger charge is 2.00. The monoisotopic (exact) mass is 351 g/mol. The molecule has 0 bridgehead atoms. The standard InChI is InChI=1S/C11H15Br2NO2/c1-15-6-4-14-5-7-16-11-3-2-9(12)8-10(11)13/h2-3,8,14H,4-7H2,1H3. The predicted octanol–water partition coefficient (Wildman–Crippen LogP) is 2.83. The molecule has 0 aromatic heterocycles. The Labute approximate surface area is 113 Å². The van der Waals surface area contributed by atoms with E-state index in [1.54, 1.807) is 7.11 Å². The van der Waals surface area contributed by atoms with Crippen LogP contribution in [0.1, 0.15) is 0 Å². The number of ether oxygens (including phenoxy) is 2. The van der Waals surface area contributed by atoms with Crippen LogP contribution in [0.25, 0.3) is 0 Å². The lowest BCUT2D eigenvalue weighted by Crippen LogP contribution is -2.24. The van der Waals surface area contributed by atoms with Gasteiger partial charge in [-0.3, -0.25) is 0 Å².